The van der Waals surface area contributed by atoms with Gasteiger partial charge in [-0.25, -0.2) is 0 Å². The standard InChI is InChI=1S/C15H17NO2/c1-17-13-6-8-14(9-7-13)18-15-5-3-2-4-12(15)10-11-16/h2-9H,10-11,16H2,1H3. The predicted octanol–water partition coefficient (Wildman–Crippen LogP) is 2.99. The van der Waals surface area contributed by atoms with Crippen LogP contribution in [0.25, 0.3) is 0 Å². The van der Waals surface area contributed by atoms with Crippen LogP contribution >= 0.6 is 0 Å². The van der Waals surface area contributed by atoms with Crippen LogP contribution in [-0.2, 0) is 6.42 Å². The zero-order valence-corrected chi connectivity index (χ0v) is 10.4. The van der Waals surface area contributed by atoms with Crippen LogP contribution in [0.1, 0.15) is 5.56 Å². The first-order valence-electron chi connectivity index (χ1n) is 5.93. The normalized spacial score (nSPS) is 10.1. The second-order valence-corrected chi connectivity index (χ2v) is 3.92. The lowest BCUT2D eigenvalue weighted by Gasteiger charge is -2.10. The van der Waals surface area contributed by atoms with E-state index in [1.54, 1.807) is 7.11 Å². The molecule has 2 aromatic rings. The van der Waals surface area contributed by atoms with E-state index in [2.05, 4.69) is 0 Å². The number of methoxy groups -OCH3 is 1. The smallest absolute Gasteiger partial charge is 0.130 e. The van der Waals surface area contributed by atoms with Crippen molar-refractivity contribution in [2.45, 2.75) is 6.42 Å². The Kier molecular flexibility index (Phi) is 4.20. The summed E-state index contributed by atoms with van der Waals surface area (Å²) in [6.45, 7) is 0.614. The maximum absolute atomic E-state index is 5.85. The van der Waals surface area contributed by atoms with Gasteiger partial charge in [-0.15, -0.1) is 0 Å². The summed E-state index contributed by atoms with van der Waals surface area (Å²) in [5.41, 5.74) is 6.71. The highest BCUT2D eigenvalue weighted by Gasteiger charge is 2.03. The molecular formula is C15H17NO2. The highest BCUT2D eigenvalue weighted by molar-refractivity contribution is 5.39. The van der Waals surface area contributed by atoms with Gasteiger partial charge in [0.2, 0.25) is 0 Å². The molecule has 0 spiro atoms. The molecule has 0 heterocycles. The third kappa shape index (κ3) is 3.02. The van der Waals surface area contributed by atoms with Crippen LogP contribution in [0, 0.1) is 0 Å². The molecule has 2 N–H and O–H groups in total. The maximum atomic E-state index is 5.85. The van der Waals surface area contributed by atoms with E-state index in [-0.39, 0.29) is 0 Å². The Balaban J connectivity index is 2.17. The van der Waals surface area contributed by atoms with Gasteiger partial charge in [0.15, 0.2) is 0 Å². The largest absolute Gasteiger partial charge is 0.497 e. The molecule has 2 aromatic carbocycles. The number of ether oxygens (including phenoxy) is 2. The first kappa shape index (κ1) is 12.5. The van der Waals surface area contributed by atoms with Crippen molar-refractivity contribution in [1.82, 2.24) is 0 Å². The number of benzene rings is 2. The van der Waals surface area contributed by atoms with Gasteiger partial charge in [0.05, 0.1) is 7.11 Å². The van der Waals surface area contributed by atoms with E-state index in [9.17, 15) is 0 Å². The number of rotatable bonds is 5. The lowest BCUT2D eigenvalue weighted by atomic mass is 10.1. The minimum absolute atomic E-state index is 0.614. The molecule has 18 heavy (non-hydrogen) atoms. The van der Waals surface area contributed by atoms with Crippen LogP contribution in [0.2, 0.25) is 0 Å². The number of hydrogen-bond donors (Lipinski definition) is 1. The maximum Gasteiger partial charge on any atom is 0.130 e. The molecule has 0 radical (unpaired) electrons. The van der Waals surface area contributed by atoms with E-state index in [0.29, 0.717) is 6.54 Å². The highest BCUT2D eigenvalue weighted by Crippen LogP contribution is 2.26. The van der Waals surface area contributed by atoms with Gasteiger partial charge in [0.25, 0.3) is 0 Å². The van der Waals surface area contributed by atoms with Gasteiger partial charge in [0.1, 0.15) is 17.2 Å². The van der Waals surface area contributed by atoms with Gasteiger partial charge in [-0.1, -0.05) is 18.2 Å². The summed E-state index contributed by atoms with van der Waals surface area (Å²) in [5, 5.41) is 0. The van der Waals surface area contributed by atoms with Gasteiger partial charge >= 0.3 is 0 Å². The Morgan fingerprint density at radius 2 is 1.61 bits per heavy atom. The van der Waals surface area contributed by atoms with Crippen molar-refractivity contribution in [2.75, 3.05) is 13.7 Å². The molecule has 2 rings (SSSR count). The van der Waals surface area contributed by atoms with Crippen LogP contribution in [0.5, 0.6) is 17.2 Å². The molecule has 0 bridgehead atoms. The minimum Gasteiger partial charge on any atom is -0.497 e. The summed E-state index contributed by atoms with van der Waals surface area (Å²) in [7, 11) is 1.65. The van der Waals surface area contributed by atoms with Crippen molar-refractivity contribution < 1.29 is 9.47 Å². The third-order valence-corrected chi connectivity index (χ3v) is 2.67. The molecule has 3 heteroatoms. The monoisotopic (exact) mass is 243 g/mol. The first-order chi connectivity index (χ1) is 8.83. The van der Waals surface area contributed by atoms with Gasteiger partial charge in [-0.3, -0.25) is 0 Å². The van der Waals surface area contributed by atoms with E-state index in [1.165, 1.54) is 0 Å². The number of nitrogens with two attached hydrogens (primary N) is 1. The predicted molar refractivity (Wildman–Crippen MR) is 72.3 cm³/mol. The molecule has 0 unspecified atom stereocenters. The van der Waals surface area contributed by atoms with Crippen LogP contribution in [-0.4, -0.2) is 13.7 Å². The molecule has 3 nitrogen and oxygen atoms in total. The number of para-hydroxylation sites is 1. The van der Waals surface area contributed by atoms with Gasteiger partial charge in [-0.05, 0) is 48.9 Å². The quantitative estimate of drug-likeness (QED) is 0.878. The Bertz CT molecular complexity index is 494. The topological polar surface area (TPSA) is 44.5 Å². The van der Waals surface area contributed by atoms with E-state index in [1.807, 2.05) is 48.5 Å². The van der Waals surface area contributed by atoms with Crippen LogP contribution in [0.4, 0.5) is 0 Å². The third-order valence-electron chi connectivity index (χ3n) is 2.67. The zero-order valence-electron chi connectivity index (χ0n) is 10.4. The molecule has 0 aliphatic rings. The van der Waals surface area contributed by atoms with E-state index < -0.39 is 0 Å². The van der Waals surface area contributed by atoms with Crippen molar-refractivity contribution in [3.05, 3.63) is 54.1 Å². The fourth-order valence-corrected chi connectivity index (χ4v) is 1.74. The Hall–Kier alpha value is -2.00. The molecule has 0 aromatic heterocycles. The molecule has 0 fully saturated rings. The molecule has 0 aliphatic heterocycles. The van der Waals surface area contributed by atoms with E-state index in [0.717, 1.165) is 29.2 Å². The van der Waals surface area contributed by atoms with Gasteiger partial charge in [-0.2, -0.15) is 0 Å². The summed E-state index contributed by atoms with van der Waals surface area (Å²) in [6, 6.07) is 15.5. The first-order valence-corrected chi connectivity index (χ1v) is 5.93. The zero-order chi connectivity index (χ0) is 12.8. The summed E-state index contributed by atoms with van der Waals surface area (Å²) < 4.78 is 11.0. The average molecular weight is 243 g/mol. The Labute approximate surface area is 107 Å². The van der Waals surface area contributed by atoms with Crippen LogP contribution in [0.3, 0.4) is 0 Å². The second kappa shape index (κ2) is 6.07. The van der Waals surface area contributed by atoms with E-state index in [4.69, 9.17) is 15.2 Å². The number of hydrogen-bond acceptors (Lipinski definition) is 3. The minimum atomic E-state index is 0.614. The van der Waals surface area contributed by atoms with Crippen molar-refractivity contribution in [2.24, 2.45) is 5.73 Å². The Morgan fingerprint density at radius 3 is 2.28 bits per heavy atom. The average Bonchev–Trinajstić information content (AvgIpc) is 2.42. The van der Waals surface area contributed by atoms with Gasteiger partial charge in [0, 0.05) is 0 Å². The van der Waals surface area contributed by atoms with Crippen LogP contribution in [0.15, 0.2) is 48.5 Å². The fraction of sp³-hybridized carbons (Fsp3) is 0.200. The Morgan fingerprint density at radius 1 is 0.944 bits per heavy atom. The van der Waals surface area contributed by atoms with Crippen molar-refractivity contribution in [3.8, 4) is 17.2 Å². The van der Waals surface area contributed by atoms with Crippen molar-refractivity contribution >= 4 is 0 Å². The van der Waals surface area contributed by atoms with Crippen LogP contribution < -0.4 is 15.2 Å². The summed E-state index contributed by atoms with van der Waals surface area (Å²) in [6.07, 6.45) is 0.812. The summed E-state index contributed by atoms with van der Waals surface area (Å²) in [4.78, 5) is 0. The fourth-order valence-electron chi connectivity index (χ4n) is 1.74. The molecule has 0 saturated carbocycles. The van der Waals surface area contributed by atoms with E-state index >= 15 is 0 Å². The summed E-state index contributed by atoms with van der Waals surface area (Å²) >= 11 is 0. The van der Waals surface area contributed by atoms with Crippen molar-refractivity contribution in [3.63, 3.8) is 0 Å². The lowest BCUT2D eigenvalue weighted by molar-refractivity contribution is 0.412. The van der Waals surface area contributed by atoms with Gasteiger partial charge < -0.3 is 15.2 Å². The van der Waals surface area contributed by atoms with Crippen molar-refractivity contribution in [1.29, 1.82) is 0 Å². The summed E-state index contributed by atoms with van der Waals surface area (Å²) in [5.74, 6) is 2.46. The molecule has 0 amide bonds. The lowest BCUT2D eigenvalue weighted by Crippen LogP contribution is -2.03. The molecule has 0 atom stereocenters. The SMILES string of the molecule is COc1ccc(Oc2ccccc2CCN)cc1. The second-order valence-electron chi connectivity index (χ2n) is 3.92. The molecule has 0 saturated heterocycles. The molecule has 94 valence electrons. The molecular weight excluding hydrogens is 226 g/mol. The highest BCUT2D eigenvalue weighted by atomic mass is 16.5. The molecule has 0 aliphatic carbocycles.